The number of nitrogens with zero attached hydrogens (tertiary/aromatic N) is 1. The second kappa shape index (κ2) is 10.1. The summed E-state index contributed by atoms with van der Waals surface area (Å²) in [4.78, 5) is 53.6. The molecular formula is C26H22N2O5S2. The van der Waals surface area contributed by atoms with Gasteiger partial charge in [-0.1, -0.05) is 66.7 Å². The van der Waals surface area contributed by atoms with Crippen molar-refractivity contribution in [3.63, 3.8) is 0 Å². The van der Waals surface area contributed by atoms with E-state index in [1.165, 1.54) is 28.0 Å². The molecule has 0 radical (unpaired) electrons. The number of rotatable bonds is 7. The second-order valence-electron chi connectivity index (χ2n) is 8.26. The van der Waals surface area contributed by atoms with Crippen LogP contribution in [-0.2, 0) is 30.3 Å². The number of fused-ring (bicyclic) bond motifs is 1. The van der Waals surface area contributed by atoms with Crippen molar-refractivity contribution in [3.8, 4) is 0 Å². The van der Waals surface area contributed by atoms with Crippen LogP contribution >= 0.6 is 23.1 Å². The summed E-state index contributed by atoms with van der Waals surface area (Å²) in [5.74, 6) is -1.81. The predicted molar refractivity (Wildman–Crippen MR) is 133 cm³/mol. The zero-order valence-electron chi connectivity index (χ0n) is 18.5. The number of hydrogen-bond acceptors (Lipinski definition) is 7. The molecule has 3 heterocycles. The number of β-lactam (4-membered cyclic amide) rings is 1. The van der Waals surface area contributed by atoms with Crippen LogP contribution in [0.15, 0.2) is 78.2 Å². The minimum Gasteiger partial charge on any atom is -0.451 e. The largest absolute Gasteiger partial charge is 0.451 e. The number of ether oxygens (including phenoxy) is 1. The first-order valence-corrected chi connectivity index (χ1v) is 13.0. The van der Waals surface area contributed by atoms with E-state index >= 15 is 0 Å². The fraction of sp³-hybridized carbons (Fsp3) is 0.231. The van der Waals surface area contributed by atoms with Crippen molar-refractivity contribution in [2.45, 2.75) is 30.0 Å². The number of thioether (sulfide) groups is 1. The standard InChI is InChI=1S/C26H22N2O5S2/c29-19-15-35-25-21(27-20(30)14-18-12-7-13-34-18)24(31)28(25)22(19)26(32)33-23(16-8-3-1-4-9-16)17-10-5-2-6-11-17/h1-13,21-23,25H,14-15H2,(H,27,30)/t21?,22?,25-/m0/s1. The zero-order valence-corrected chi connectivity index (χ0v) is 20.2. The van der Waals surface area contributed by atoms with Crippen LogP contribution in [0.5, 0.6) is 0 Å². The van der Waals surface area contributed by atoms with Gasteiger partial charge in [-0.15, -0.1) is 23.1 Å². The molecule has 2 amide bonds. The molecule has 2 aliphatic rings. The number of esters is 1. The number of nitrogens with one attached hydrogen (secondary N) is 1. The highest BCUT2D eigenvalue weighted by Crippen LogP contribution is 2.38. The van der Waals surface area contributed by atoms with E-state index in [4.69, 9.17) is 4.74 Å². The minimum atomic E-state index is -1.32. The Morgan fingerprint density at radius 2 is 1.63 bits per heavy atom. The predicted octanol–water partition coefficient (Wildman–Crippen LogP) is 2.96. The van der Waals surface area contributed by atoms with Gasteiger partial charge < -0.3 is 15.0 Å². The van der Waals surface area contributed by atoms with Crippen molar-refractivity contribution < 1.29 is 23.9 Å². The van der Waals surface area contributed by atoms with E-state index in [9.17, 15) is 19.2 Å². The SMILES string of the molecule is O=C(Cc1cccs1)NC1C(=O)N2C(C(=O)OC(c3ccccc3)c3ccccc3)C(=O)CS[C@@H]12. The number of hydrogen-bond donors (Lipinski definition) is 1. The lowest BCUT2D eigenvalue weighted by molar-refractivity contribution is -0.170. The third-order valence-electron chi connectivity index (χ3n) is 5.95. The number of ketones is 1. The molecule has 5 rings (SSSR count). The molecule has 2 aliphatic heterocycles. The highest BCUT2D eigenvalue weighted by Gasteiger charge is 2.58. The maximum Gasteiger partial charge on any atom is 0.337 e. The summed E-state index contributed by atoms with van der Waals surface area (Å²) < 4.78 is 5.87. The summed E-state index contributed by atoms with van der Waals surface area (Å²) in [5.41, 5.74) is 1.52. The van der Waals surface area contributed by atoms with Crippen molar-refractivity contribution in [1.82, 2.24) is 10.2 Å². The molecule has 0 spiro atoms. The van der Waals surface area contributed by atoms with Gasteiger partial charge in [0.1, 0.15) is 11.4 Å². The maximum atomic E-state index is 13.3. The van der Waals surface area contributed by atoms with E-state index in [1.807, 2.05) is 78.2 Å². The molecule has 178 valence electrons. The van der Waals surface area contributed by atoms with Crippen LogP contribution < -0.4 is 5.32 Å². The molecule has 3 aromatic rings. The van der Waals surface area contributed by atoms with Gasteiger partial charge >= 0.3 is 5.97 Å². The average molecular weight is 507 g/mol. The Morgan fingerprint density at radius 3 is 2.23 bits per heavy atom. The molecular weight excluding hydrogens is 484 g/mol. The van der Waals surface area contributed by atoms with Crippen molar-refractivity contribution in [2.24, 2.45) is 0 Å². The monoisotopic (exact) mass is 506 g/mol. The van der Waals surface area contributed by atoms with Crippen molar-refractivity contribution >= 4 is 46.7 Å². The van der Waals surface area contributed by atoms with Crippen LogP contribution in [0.2, 0.25) is 0 Å². The van der Waals surface area contributed by atoms with Crippen LogP contribution in [0, 0.1) is 0 Å². The Balaban J connectivity index is 1.31. The van der Waals surface area contributed by atoms with Gasteiger partial charge in [0.2, 0.25) is 11.8 Å². The molecule has 9 heteroatoms. The summed E-state index contributed by atoms with van der Waals surface area (Å²) >= 11 is 2.72. The fourth-order valence-electron chi connectivity index (χ4n) is 4.28. The van der Waals surface area contributed by atoms with Gasteiger partial charge in [-0.05, 0) is 22.6 Å². The second-order valence-corrected chi connectivity index (χ2v) is 10.4. The van der Waals surface area contributed by atoms with Gasteiger partial charge in [-0.25, -0.2) is 4.79 Å². The summed E-state index contributed by atoms with van der Waals surface area (Å²) in [6, 6.07) is 20.1. The zero-order chi connectivity index (χ0) is 24.4. The van der Waals surface area contributed by atoms with Gasteiger partial charge in [-0.3, -0.25) is 14.4 Å². The van der Waals surface area contributed by atoms with Gasteiger partial charge in [-0.2, -0.15) is 0 Å². The normalized spacial score (nSPS) is 21.3. The Labute approximate surface area is 210 Å². The number of amides is 2. The minimum absolute atomic E-state index is 0.0624. The van der Waals surface area contributed by atoms with Crippen LogP contribution in [0.3, 0.4) is 0 Å². The van der Waals surface area contributed by atoms with Gasteiger partial charge in [0, 0.05) is 4.88 Å². The molecule has 1 aromatic heterocycles. The van der Waals surface area contributed by atoms with Crippen molar-refractivity contribution in [1.29, 1.82) is 0 Å². The van der Waals surface area contributed by atoms with Gasteiger partial charge in [0.15, 0.2) is 17.9 Å². The van der Waals surface area contributed by atoms with E-state index in [2.05, 4.69) is 5.32 Å². The summed E-state index contributed by atoms with van der Waals surface area (Å²) in [7, 11) is 0. The molecule has 2 fully saturated rings. The quantitative estimate of drug-likeness (QED) is 0.301. The lowest BCUT2D eigenvalue weighted by atomic mass is 9.99. The molecule has 0 saturated carbocycles. The van der Waals surface area contributed by atoms with E-state index in [0.717, 1.165) is 16.0 Å². The number of thiophene rings is 1. The highest BCUT2D eigenvalue weighted by molar-refractivity contribution is 8.00. The van der Waals surface area contributed by atoms with E-state index in [1.54, 1.807) is 0 Å². The molecule has 35 heavy (non-hydrogen) atoms. The number of benzene rings is 2. The van der Waals surface area contributed by atoms with Crippen molar-refractivity contribution in [2.75, 3.05) is 5.75 Å². The van der Waals surface area contributed by atoms with E-state index < -0.39 is 35.4 Å². The third kappa shape index (κ3) is 4.74. The number of carbonyl (C=O) groups is 4. The molecule has 1 N–H and O–H groups in total. The Bertz CT molecular complexity index is 1190. The van der Waals surface area contributed by atoms with Crippen molar-refractivity contribution in [3.05, 3.63) is 94.2 Å². The highest BCUT2D eigenvalue weighted by atomic mass is 32.2. The molecule has 0 aliphatic carbocycles. The summed E-state index contributed by atoms with van der Waals surface area (Å²) in [6.45, 7) is 0. The van der Waals surface area contributed by atoms with Crippen LogP contribution in [0.4, 0.5) is 0 Å². The smallest absolute Gasteiger partial charge is 0.337 e. The Morgan fingerprint density at radius 1 is 0.971 bits per heavy atom. The maximum absolute atomic E-state index is 13.3. The molecule has 2 aromatic carbocycles. The summed E-state index contributed by atoms with van der Waals surface area (Å²) in [5, 5.41) is 4.16. The van der Waals surface area contributed by atoms with Crippen LogP contribution in [0.25, 0.3) is 0 Å². The van der Waals surface area contributed by atoms with Crippen LogP contribution in [-0.4, -0.2) is 51.7 Å². The van der Waals surface area contributed by atoms with E-state index in [0.29, 0.717) is 0 Å². The third-order valence-corrected chi connectivity index (χ3v) is 8.12. The first kappa shape index (κ1) is 23.3. The lowest BCUT2D eigenvalue weighted by Crippen LogP contribution is -2.76. The molecule has 7 nitrogen and oxygen atoms in total. The summed E-state index contributed by atoms with van der Waals surface area (Å²) in [6.07, 6.45) is -0.539. The fourth-order valence-corrected chi connectivity index (χ4v) is 6.24. The van der Waals surface area contributed by atoms with Gasteiger partial charge in [0.25, 0.3) is 0 Å². The van der Waals surface area contributed by atoms with Crippen LogP contribution in [0.1, 0.15) is 22.1 Å². The molecule has 2 saturated heterocycles. The average Bonchev–Trinajstić information content (AvgIpc) is 3.39. The number of carbonyl (C=O) groups excluding carboxylic acids is 4. The molecule has 0 bridgehead atoms. The Hall–Kier alpha value is -3.43. The molecule has 3 atom stereocenters. The Kier molecular flexibility index (Phi) is 6.70. The van der Waals surface area contributed by atoms with Gasteiger partial charge in [0.05, 0.1) is 12.2 Å². The first-order valence-electron chi connectivity index (χ1n) is 11.1. The van der Waals surface area contributed by atoms with E-state index in [-0.39, 0.29) is 23.9 Å². The molecule has 2 unspecified atom stereocenters. The number of Topliss-reactive ketones (excluding diaryl/α,β-unsaturated/α-hetero) is 1. The first-order chi connectivity index (χ1) is 17.0. The topological polar surface area (TPSA) is 92.8 Å². The lowest BCUT2D eigenvalue weighted by Gasteiger charge is -2.51.